The van der Waals surface area contributed by atoms with E-state index < -0.39 is 5.97 Å². The monoisotopic (exact) mass is 467 g/mol. The molecule has 9 nitrogen and oxygen atoms in total. The van der Waals surface area contributed by atoms with Gasteiger partial charge in [0.05, 0.1) is 24.0 Å². The fraction of sp³-hybridized carbons (Fsp3) is 0.261. The number of nitrogens with one attached hydrogen (secondary N) is 2. The molecule has 33 heavy (non-hydrogen) atoms. The van der Waals surface area contributed by atoms with Crippen LogP contribution in [0.4, 0.5) is 5.69 Å². The maximum atomic E-state index is 12.4. The number of ether oxygens (including phenoxy) is 1. The highest BCUT2D eigenvalue weighted by Gasteiger charge is 2.14. The van der Waals surface area contributed by atoms with Crippen molar-refractivity contribution in [3.63, 3.8) is 0 Å². The molecular weight excluding hydrogens is 442 g/mol. The van der Waals surface area contributed by atoms with E-state index in [4.69, 9.17) is 4.74 Å². The molecule has 0 saturated carbocycles. The molecule has 0 aliphatic rings. The van der Waals surface area contributed by atoms with Gasteiger partial charge in [-0.1, -0.05) is 36.0 Å². The summed E-state index contributed by atoms with van der Waals surface area (Å²) in [6, 6.07) is 15.5. The summed E-state index contributed by atoms with van der Waals surface area (Å²) in [4.78, 5) is 36.6. The third kappa shape index (κ3) is 6.91. The summed E-state index contributed by atoms with van der Waals surface area (Å²) in [7, 11) is 1.77. The predicted octanol–water partition coefficient (Wildman–Crippen LogP) is 3.04. The number of carbonyl (C=O) groups is 3. The molecule has 0 aliphatic heterocycles. The van der Waals surface area contributed by atoms with Crippen molar-refractivity contribution in [2.45, 2.75) is 31.7 Å². The lowest BCUT2D eigenvalue weighted by atomic mass is 10.2. The smallest absolute Gasteiger partial charge is 0.338 e. The Morgan fingerprint density at radius 1 is 1.03 bits per heavy atom. The van der Waals surface area contributed by atoms with E-state index in [1.165, 1.54) is 11.8 Å². The first kappa shape index (κ1) is 24.0. The largest absolute Gasteiger partial charge is 0.459 e. The number of nitrogens with zero attached hydrogens (tertiary/aromatic N) is 3. The van der Waals surface area contributed by atoms with Gasteiger partial charge in [0.2, 0.25) is 5.91 Å². The minimum Gasteiger partial charge on any atom is -0.459 e. The van der Waals surface area contributed by atoms with E-state index in [2.05, 4.69) is 20.8 Å². The molecule has 1 aromatic heterocycles. The summed E-state index contributed by atoms with van der Waals surface area (Å²) in [6.07, 6.45) is -0.227. The molecule has 0 bridgehead atoms. The highest BCUT2D eigenvalue weighted by molar-refractivity contribution is 7.99. The Balaban J connectivity index is 1.51. The number of anilines is 1. The van der Waals surface area contributed by atoms with Crippen molar-refractivity contribution in [2.75, 3.05) is 11.1 Å². The van der Waals surface area contributed by atoms with E-state index in [1.807, 2.05) is 6.07 Å². The molecule has 0 fully saturated rings. The first-order valence-electron chi connectivity index (χ1n) is 10.3. The van der Waals surface area contributed by atoms with Crippen LogP contribution in [0.3, 0.4) is 0 Å². The molecule has 10 heteroatoms. The summed E-state index contributed by atoms with van der Waals surface area (Å²) in [5, 5.41) is 14.3. The van der Waals surface area contributed by atoms with Crippen LogP contribution in [0, 0.1) is 0 Å². The van der Waals surface area contributed by atoms with Gasteiger partial charge in [-0.25, -0.2) is 4.79 Å². The maximum absolute atomic E-state index is 12.4. The second kappa shape index (κ2) is 11.3. The molecule has 0 spiro atoms. The van der Waals surface area contributed by atoms with E-state index >= 15 is 0 Å². The van der Waals surface area contributed by atoms with Gasteiger partial charge in [0.25, 0.3) is 5.91 Å². The molecule has 1 heterocycles. The summed E-state index contributed by atoms with van der Waals surface area (Å²) in [6.45, 7) is 3.76. The summed E-state index contributed by atoms with van der Waals surface area (Å²) < 4.78 is 6.90. The van der Waals surface area contributed by atoms with Gasteiger partial charge in [-0.2, -0.15) is 0 Å². The van der Waals surface area contributed by atoms with Gasteiger partial charge in [0.15, 0.2) is 11.0 Å². The zero-order valence-electron chi connectivity index (χ0n) is 18.6. The van der Waals surface area contributed by atoms with Crippen molar-refractivity contribution in [1.29, 1.82) is 0 Å². The third-order valence-electron chi connectivity index (χ3n) is 4.43. The molecule has 0 saturated heterocycles. The van der Waals surface area contributed by atoms with Crippen molar-refractivity contribution in [2.24, 2.45) is 7.05 Å². The number of thioether (sulfide) groups is 1. The van der Waals surface area contributed by atoms with Gasteiger partial charge in [0.1, 0.15) is 0 Å². The van der Waals surface area contributed by atoms with E-state index in [-0.39, 0.29) is 30.2 Å². The average Bonchev–Trinajstić information content (AvgIpc) is 3.15. The Morgan fingerprint density at radius 3 is 2.48 bits per heavy atom. The molecule has 0 radical (unpaired) electrons. The summed E-state index contributed by atoms with van der Waals surface area (Å²) >= 11 is 1.22. The molecule has 2 aromatic carbocycles. The van der Waals surface area contributed by atoms with Gasteiger partial charge in [-0.05, 0) is 44.2 Å². The van der Waals surface area contributed by atoms with Gasteiger partial charge in [-0.15, -0.1) is 10.2 Å². The molecular formula is C23H25N5O4S. The Kier molecular flexibility index (Phi) is 8.20. The standard InChI is InChI=1S/C23H25N5O4S/c1-15(2)32-22(31)17-10-7-11-18(12-17)25-20(29)14-33-23-27-26-19(28(23)3)13-24-21(30)16-8-5-4-6-9-16/h4-12,15H,13-14H2,1-3H3,(H,24,30)(H,25,29). The molecule has 0 atom stereocenters. The number of benzene rings is 2. The first-order valence-corrected chi connectivity index (χ1v) is 11.3. The van der Waals surface area contributed by atoms with Crippen LogP contribution in [0.2, 0.25) is 0 Å². The topological polar surface area (TPSA) is 115 Å². The number of hydrogen-bond donors (Lipinski definition) is 2. The lowest BCUT2D eigenvalue weighted by molar-refractivity contribution is -0.113. The van der Waals surface area contributed by atoms with Gasteiger partial charge in [-0.3, -0.25) is 9.59 Å². The quantitative estimate of drug-likeness (QED) is 0.367. The van der Waals surface area contributed by atoms with E-state index in [1.54, 1.807) is 74.0 Å². The lowest BCUT2D eigenvalue weighted by Gasteiger charge is -2.10. The Bertz CT molecular complexity index is 1130. The van der Waals surface area contributed by atoms with Crippen LogP contribution in [0.5, 0.6) is 0 Å². The minimum atomic E-state index is -0.443. The number of hydrogen-bond acceptors (Lipinski definition) is 7. The fourth-order valence-electron chi connectivity index (χ4n) is 2.81. The second-order valence-electron chi connectivity index (χ2n) is 7.38. The molecule has 3 rings (SSSR count). The number of esters is 1. The zero-order chi connectivity index (χ0) is 23.8. The van der Waals surface area contributed by atoms with Crippen molar-refractivity contribution >= 4 is 35.2 Å². The SMILES string of the molecule is CC(C)OC(=O)c1cccc(NC(=O)CSc2nnc(CNC(=O)c3ccccc3)n2C)c1. The summed E-state index contributed by atoms with van der Waals surface area (Å²) in [5.74, 6) is -0.230. The number of carbonyl (C=O) groups excluding carboxylic acids is 3. The van der Waals surface area contributed by atoms with Crippen molar-refractivity contribution in [3.8, 4) is 0 Å². The highest BCUT2D eigenvalue weighted by Crippen LogP contribution is 2.17. The van der Waals surface area contributed by atoms with Crippen molar-refractivity contribution in [3.05, 3.63) is 71.5 Å². The average molecular weight is 468 g/mol. The lowest BCUT2D eigenvalue weighted by Crippen LogP contribution is -2.24. The Hall–Kier alpha value is -3.66. The van der Waals surface area contributed by atoms with Crippen molar-refractivity contribution < 1.29 is 19.1 Å². The van der Waals surface area contributed by atoms with Crippen LogP contribution in [0.25, 0.3) is 0 Å². The second-order valence-corrected chi connectivity index (χ2v) is 8.32. The molecule has 2 N–H and O–H groups in total. The first-order chi connectivity index (χ1) is 15.8. The van der Waals surface area contributed by atoms with Crippen LogP contribution in [0.15, 0.2) is 59.8 Å². The van der Waals surface area contributed by atoms with Crippen molar-refractivity contribution in [1.82, 2.24) is 20.1 Å². The number of aromatic nitrogens is 3. The van der Waals surface area contributed by atoms with E-state index in [0.717, 1.165) is 0 Å². The van der Waals surface area contributed by atoms with Crippen LogP contribution >= 0.6 is 11.8 Å². The molecule has 172 valence electrons. The highest BCUT2D eigenvalue weighted by atomic mass is 32.2. The zero-order valence-corrected chi connectivity index (χ0v) is 19.4. The molecule has 0 unspecified atom stereocenters. The minimum absolute atomic E-state index is 0.100. The predicted molar refractivity (Wildman–Crippen MR) is 125 cm³/mol. The molecule has 0 aliphatic carbocycles. The third-order valence-corrected chi connectivity index (χ3v) is 5.45. The number of amides is 2. The number of rotatable bonds is 9. The van der Waals surface area contributed by atoms with E-state index in [0.29, 0.717) is 27.8 Å². The fourth-order valence-corrected chi connectivity index (χ4v) is 3.54. The van der Waals surface area contributed by atoms with E-state index in [9.17, 15) is 14.4 Å². The van der Waals surface area contributed by atoms with Gasteiger partial charge >= 0.3 is 5.97 Å². The molecule has 2 amide bonds. The van der Waals surface area contributed by atoms with Crippen LogP contribution < -0.4 is 10.6 Å². The Labute approximate surface area is 195 Å². The van der Waals surface area contributed by atoms with Crippen LogP contribution in [-0.4, -0.2) is 44.4 Å². The van der Waals surface area contributed by atoms with Gasteiger partial charge < -0.3 is 19.9 Å². The van der Waals surface area contributed by atoms with Gasteiger partial charge in [0, 0.05) is 18.3 Å². The normalized spacial score (nSPS) is 10.7. The summed E-state index contributed by atoms with van der Waals surface area (Å²) in [5.41, 5.74) is 1.43. The molecule has 3 aromatic rings. The van der Waals surface area contributed by atoms with Crippen LogP contribution in [0.1, 0.15) is 40.4 Å². The Morgan fingerprint density at radius 2 is 1.76 bits per heavy atom. The maximum Gasteiger partial charge on any atom is 0.338 e. The van der Waals surface area contributed by atoms with Crippen LogP contribution in [-0.2, 0) is 23.1 Å².